The maximum absolute atomic E-state index is 12.3. The standard InChI is InChI=1S/C22H24N2O/c1-16-13-17(2)22(18(3)14-16)23-21(25)9-6-11-24-12-10-19-7-4-5-8-20(19)15-24/h4-5,7-8,10,12-15H,6,9,11H2,1-3H3/p+1. The van der Waals surface area contributed by atoms with Gasteiger partial charge >= 0.3 is 0 Å². The maximum atomic E-state index is 12.3. The zero-order valence-electron chi connectivity index (χ0n) is 15.2. The SMILES string of the molecule is Cc1cc(C)c(NC(=O)CCC[n+]2ccc3ccccc3c2)c(C)c1. The van der Waals surface area contributed by atoms with Crippen LogP contribution in [-0.4, -0.2) is 5.91 Å². The Morgan fingerprint density at radius 3 is 2.40 bits per heavy atom. The van der Waals surface area contributed by atoms with Crippen molar-refractivity contribution in [2.75, 3.05) is 5.32 Å². The zero-order valence-corrected chi connectivity index (χ0v) is 15.2. The molecule has 2 aromatic carbocycles. The first-order valence-corrected chi connectivity index (χ1v) is 8.78. The molecule has 0 saturated heterocycles. The third-order valence-electron chi connectivity index (χ3n) is 4.51. The predicted molar refractivity (Wildman–Crippen MR) is 103 cm³/mol. The number of amides is 1. The zero-order chi connectivity index (χ0) is 17.8. The van der Waals surface area contributed by atoms with E-state index < -0.39 is 0 Å². The predicted octanol–water partition coefficient (Wildman–Crippen LogP) is 4.47. The molecule has 25 heavy (non-hydrogen) atoms. The quantitative estimate of drug-likeness (QED) is 0.687. The third kappa shape index (κ3) is 4.24. The van der Waals surface area contributed by atoms with Gasteiger partial charge in [-0.2, -0.15) is 0 Å². The second-order valence-electron chi connectivity index (χ2n) is 6.74. The van der Waals surface area contributed by atoms with Crippen LogP contribution in [0.4, 0.5) is 5.69 Å². The van der Waals surface area contributed by atoms with Crippen LogP contribution in [0.15, 0.2) is 54.9 Å². The van der Waals surface area contributed by atoms with E-state index in [-0.39, 0.29) is 5.91 Å². The minimum absolute atomic E-state index is 0.0800. The van der Waals surface area contributed by atoms with Crippen molar-refractivity contribution < 1.29 is 9.36 Å². The summed E-state index contributed by atoms with van der Waals surface area (Å²) in [5.41, 5.74) is 4.42. The Morgan fingerprint density at radius 2 is 1.68 bits per heavy atom. The number of benzene rings is 2. The van der Waals surface area contributed by atoms with E-state index in [0.29, 0.717) is 6.42 Å². The summed E-state index contributed by atoms with van der Waals surface area (Å²) < 4.78 is 2.15. The van der Waals surface area contributed by atoms with Crippen LogP contribution in [0.5, 0.6) is 0 Å². The third-order valence-corrected chi connectivity index (χ3v) is 4.51. The number of carbonyl (C=O) groups is 1. The van der Waals surface area contributed by atoms with E-state index in [0.717, 1.165) is 29.8 Å². The summed E-state index contributed by atoms with van der Waals surface area (Å²) in [6.45, 7) is 7.00. The Bertz CT molecular complexity index is 892. The van der Waals surface area contributed by atoms with E-state index in [1.165, 1.54) is 16.3 Å². The van der Waals surface area contributed by atoms with E-state index in [4.69, 9.17) is 0 Å². The summed E-state index contributed by atoms with van der Waals surface area (Å²) in [5, 5.41) is 5.53. The summed E-state index contributed by atoms with van der Waals surface area (Å²) >= 11 is 0. The highest BCUT2D eigenvalue weighted by Gasteiger charge is 2.10. The molecule has 0 saturated carbocycles. The minimum Gasteiger partial charge on any atom is -0.326 e. The van der Waals surface area contributed by atoms with Crippen molar-refractivity contribution in [3.8, 4) is 0 Å². The summed E-state index contributed by atoms with van der Waals surface area (Å²) in [6.07, 6.45) is 5.56. The molecule has 0 bridgehead atoms. The van der Waals surface area contributed by atoms with Crippen LogP contribution in [0.1, 0.15) is 29.5 Å². The van der Waals surface area contributed by atoms with E-state index in [2.05, 4.69) is 59.5 Å². The van der Waals surface area contributed by atoms with Crippen molar-refractivity contribution in [3.63, 3.8) is 0 Å². The molecular weight excluding hydrogens is 308 g/mol. The number of aryl methyl sites for hydroxylation is 4. The normalized spacial score (nSPS) is 10.8. The van der Waals surface area contributed by atoms with Gasteiger partial charge < -0.3 is 5.32 Å². The molecule has 3 rings (SSSR count). The molecule has 0 unspecified atom stereocenters. The van der Waals surface area contributed by atoms with Crippen molar-refractivity contribution in [1.29, 1.82) is 0 Å². The number of aromatic nitrogens is 1. The fourth-order valence-electron chi connectivity index (χ4n) is 3.32. The average Bonchev–Trinajstić information content (AvgIpc) is 2.58. The molecule has 1 heterocycles. The number of nitrogens with one attached hydrogen (secondary N) is 1. The van der Waals surface area contributed by atoms with Crippen molar-refractivity contribution >= 4 is 22.4 Å². The highest BCUT2D eigenvalue weighted by Crippen LogP contribution is 2.22. The van der Waals surface area contributed by atoms with Crippen molar-refractivity contribution in [2.24, 2.45) is 0 Å². The van der Waals surface area contributed by atoms with Gasteiger partial charge in [0.1, 0.15) is 6.54 Å². The van der Waals surface area contributed by atoms with Crippen LogP contribution in [0, 0.1) is 20.8 Å². The van der Waals surface area contributed by atoms with Crippen LogP contribution in [0.2, 0.25) is 0 Å². The lowest BCUT2D eigenvalue weighted by molar-refractivity contribution is -0.695. The number of hydrogen-bond donors (Lipinski definition) is 1. The molecule has 0 atom stereocenters. The highest BCUT2D eigenvalue weighted by atomic mass is 16.1. The number of hydrogen-bond acceptors (Lipinski definition) is 1. The Labute approximate surface area is 149 Å². The van der Waals surface area contributed by atoms with Gasteiger partial charge in [-0.05, 0) is 43.4 Å². The van der Waals surface area contributed by atoms with Gasteiger partial charge in [-0.25, -0.2) is 4.57 Å². The molecule has 0 spiro atoms. The minimum atomic E-state index is 0.0800. The second kappa shape index (κ2) is 7.47. The molecule has 3 nitrogen and oxygen atoms in total. The van der Waals surface area contributed by atoms with Gasteiger partial charge in [0.2, 0.25) is 5.91 Å². The van der Waals surface area contributed by atoms with Gasteiger partial charge in [0, 0.05) is 30.0 Å². The molecular formula is C22H25N2O+. The molecule has 128 valence electrons. The molecule has 1 N–H and O–H groups in total. The summed E-state index contributed by atoms with van der Waals surface area (Å²) in [6, 6.07) is 14.6. The molecule has 0 aliphatic carbocycles. The van der Waals surface area contributed by atoms with Gasteiger partial charge in [0.15, 0.2) is 12.4 Å². The summed E-state index contributed by atoms with van der Waals surface area (Å²) in [5.74, 6) is 0.0800. The van der Waals surface area contributed by atoms with Crippen LogP contribution >= 0.6 is 0 Å². The van der Waals surface area contributed by atoms with Crippen LogP contribution in [0.3, 0.4) is 0 Å². The molecule has 3 aromatic rings. The van der Waals surface area contributed by atoms with Crippen LogP contribution in [-0.2, 0) is 11.3 Å². The first kappa shape index (κ1) is 17.2. The molecule has 0 aliphatic rings. The fraction of sp³-hybridized carbons (Fsp3) is 0.273. The Balaban J connectivity index is 1.57. The lowest BCUT2D eigenvalue weighted by Gasteiger charge is -2.12. The number of rotatable bonds is 5. The number of fused-ring (bicyclic) bond motifs is 1. The number of carbonyl (C=O) groups excluding carboxylic acids is 1. The second-order valence-corrected chi connectivity index (χ2v) is 6.74. The van der Waals surface area contributed by atoms with Crippen LogP contribution < -0.4 is 9.88 Å². The molecule has 1 aromatic heterocycles. The number of nitrogens with zero attached hydrogens (tertiary/aromatic N) is 1. The van der Waals surface area contributed by atoms with Gasteiger partial charge in [0.25, 0.3) is 0 Å². The summed E-state index contributed by atoms with van der Waals surface area (Å²) in [7, 11) is 0. The molecule has 1 amide bonds. The van der Waals surface area contributed by atoms with E-state index >= 15 is 0 Å². The lowest BCUT2D eigenvalue weighted by Crippen LogP contribution is -2.33. The molecule has 0 aliphatic heterocycles. The van der Waals surface area contributed by atoms with Crippen molar-refractivity contribution in [1.82, 2.24) is 0 Å². The van der Waals surface area contributed by atoms with E-state index in [9.17, 15) is 4.79 Å². The molecule has 0 fully saturated rings. The highest BCUT2D eigenvalue weighted by molar-refractivity contribution is 5.92. The molecule has 0 radical (unpaired) electrons. The number of anilines is 1. The van der Waals surface area contributed by atoms with Gasteiger partial charge in [-0.15, -0.1) is 0 Å². The van der Waals surface area contributed by atoms with Crippen LogP contribution in [0.25, 0.3) is 10.8 Å². The lowest BCUT2D eigenvalue weighted by atomic mass is 10.0. The van der Waals surface area contributed by atoms with Crippen molar-refractivity contribution in [3.05, 3.63) is 71.5 Å². The van der Waals surface area contributed by atoms with E-state index in [1.807, 2.05) is 26.0 Å². The maximum Gasteiger partial charge on any atom is 0.224 e. The topological polar surface area (TPSA) is 33.0 Å². The first-order chi connectivity index (χ1) is 12.0. The monoisotopic (exact) mass is 333 g/mol. The smallest absolute Gasteiger partial charge is 0.224 e. The Morgan fingerprint density at radius 1 is 1.00 bits per heavy atom. The summed E-state index contributed by atoms with van der Waals surface area (Å²) in [4.78, 5) is 12.3. The first-order valence-electron chi connectivity index (χ1n) is 8.78. The molecule has 3 heteroatoms. The van der Waals surface area contributed by atoms with Gasteiger partial charge in [-0.1, -0.05) is 35.9 Å². The van der Waals surface area contributed by atoms with Gasteiger partial charge in [0.05, 0.1) is 0 Å². The Kier molecular flexibility index (Phi) is 5.13. The average molecular weight is 333 g/mol. The van der Waals surface area contributed by atoms with Crippen molar-refractivity contribution in [2.45, 2.75) is 40.2 Å². The largest absolute Gasteiger partial charge is 0.326 e. The van der Waals surface area contributed by atoms with E-state index in [1.54, 1.807) is 0 Å². The fourth-order valence-corrected chi connectivity index (χ4v) is 3.32. The van der Waals surface area contributed by atoms with Gasteiger partial charge in [-0.3, -0.25) is 4.79 Å². The Hall–Kier alpha value is -2.68. The number of pyridine rings is 1.